The summed E-state index contributed by atoms with van der Waals surface area (Å²) >= 11 is 0. The first kappa shape index (κ1) is 20.7. The van der Waals surface area contributed by atoms with Gasteiger partial charge in [0.25, 0.3) is 0 Å². The maximum Gasteiger partial charge on any atom is 0.193 e. The summed E-state index contributed by atoms with van der Waals surface area (Å²) in [4.78, 5) is 12.9. The number of hydrogen-bond donors (Lipinski definition) is 1. The van der Waals surface area contributed by atoms with Gasteiger partial charge in [-0.1, -0.05) is 51.1 Å². The van der Waals surface area contributed by atoms with E-state index >= 15 is 0 Å². The summed E-state index contributed by atoms with van der Waals surface area (Å²) in [6.07, 6.45) is 6.82. The Morgan fingerprint density at radius 3 is 2.41 bits per heavy atom. The standard InChI is InChI=1S/C25H28O4/c1-24(2,3)17-10-7-16(8-11-17)9-12-19(26)22-21(28-6)15-20-18(23(22)27)13-14-25(4,5)29-20/h7-15,27H,1-6H3/b12-9+. The van der Waals surface area contributed by atoms with Crippen LogP contribution in [0.5, 0.6) is 17.2 Å². The van der Waals surface area contributed by atoms with Crippen LogP contribution in [0, 0.1) is 0 Å². The number of ketones is 1. The fraction of sp³-hybridized carbons (Fsp3) is 0.320. The van der Waals surface area contributed by atoms with E-state index in [0.29, 0.717) is 11.3 Å². The van der Waals surface area contributed by atoms with Crippen LogP contribution in [0.25, 0.3) is 12.2 Å². The summed E-state index contributed by atoms with van der Waals surface area (Å²) in [5, 5.41) is 10.7. The third-order valence-corrected chi connectivity index (χ3v) is 4.96. The average Bonchev–Trinajstić information content (AvgIpc) is 2.64. The molecular weight excluding hydrogens is 364 g/mol. The van der Waals surface area contributed by atoms with E-state index in [-0.39, 0.29) is 28.3 Å². The van der Waals surface area contributed by atoms with Gasteiger partial charge in [0.1, 0.15) is 28.4 Å². The van der Waals surface area contributed by atoms with E-state index in [4.69, 9.17) is 9.47 Å². The van der Waals surface area contributed by atoms with Gasteiger partial charge in [0.2, 0.25) is 0 Å². The lowest BCUT2D eigenvalue weighted by atomic mass is 9.87. The molecule has 1 heterocycles. The Balaban J connectivity index is 1.92. The molecule has 2 aromatic rings. The number of fused-ring (bicyclic) bond motifs is 1. The van der Waals surface area contributed by atoms with Gasteiger partial charge in [0, 0.05) is 6.07 Å². The van der Waals surface area contributed by atoms with Crippen LogP contribution in [-0.2, 0) is 5.41 Å². The van der Waals surface area contributed by atoms with Gasteiger partial charge in [-0.2, -0.15) is 0 Å². The lowest BCUT2D eigenvalue weighted by molar-refractivity contribution is 0.104. The van der Waals surface area contributed by atoms with Crippen LogP contribution in [-0.4, -0.2) is 23.6 Å². The molecule has 29 heavy (non-hydrogen) atoms. The molecule has 0 bridgehead atoms. The summed E-state index contributed by atoms with van der Waals surface area (Å²) in [7, 11) is 1.47. The molecule has 4 heteroatoms. The number of rotatable bonds is 4. The molecule has 1 aliphatic rings. The lowest BCUT2D eigenvalue weighted by Crippen LogP contribution is -2.27. The molecule has 1 N–H and O–H groups in total. The normalized spacial score (nSPS) is 15.1. The number of aromatic hydroxyl groups is 1. The number of benzene rings is 2. The average molecular weight is 392 g/mol. The largest absolute Gasteiger partial charge is 0.506 e. The number of allylic oxidation sites excluding steroid dienone is 1. The third-order valence-electron chi connectivity index (χ3n) is 4.96. The Morgan fingerprint density at radius 1 is 1.17 bits per heavy atom. The summed E-state index contributed by atoms with van der Waals surface area (Å²) in [6, 6.07) is 9.73. The molecule has 152 valence electrons. The molecule has 0 unspecified atom stereocenters. The molecule has 0 saturated heterocycles. The van der Waals surface area contributed by atoms with Crippen LogP contribution in [0.4, 0.5) is 0 Å². The molecule has 0 radical (unpaired) electrons. The molecule has 0 amide bonds. The number of hydrogen-bond acceptors (Lipinski definition) is 4. The molecular formula is C25H28O4. The van der Waals surface area contributed by atoms with Crippen LogP contribution in [0.2, 0.25) is 0 Å². The zero-order chi connectivity index (χ0) is 21.4. The second-order valence-electron chi connectivity index (χ2n) is 8.82. The Morgan fingerprint density at radius 2 is 1.83 bits per heavy atom. The van der Waals surface area contributed by atoms with Gasteiger partial charge >= 0.3 is 0 Å². The SMILES string of the molecule is COc1cc2c(c(O)c1C(=O)/C=C/c1ccc(C(C)(C)C)cc1)C=CC(C)(C)O2. The minimum Gasteiger partial charge on any atom is -0.506 e. The lowest BCUT2D eigenvalue weighted by Gasteiger charge is -2.29. The predicted octanol–water partition coefficient (Wildman–Crippen LogP) is 5.78. The third kappa shape index (κ3) is 4.37. The van der Waals surface area contributed by atoms with Gasteiger partial charge in [-0.3, -0.25) is 4.79 Å². The molecule has 0 aromatic heterocycles. The van der Waals surface area contributed by atoms with Crippen molar-refractivity contribution in [1.29, 1.82) is 0 Å². The second kappa shape index (κ2) is 7.43. The van der Waals surface area contributed by atoms with E-state index in [1.165, 1.54) is 18.7 Å². The van der Waals surface area contributed by atoms with E-state index in [9.17, 15) is 9.90 Å². The topological polar surface area (TPSA) is 55.8 Å². The predicted molar refractivity (Wildman–Crippen MR) is 117 cm³/mol. The second-order valence-corrected chi connectivity index (χ2v) is 8.82. The molecule has 3 rings (SSSR count). The highest BCUT2D eigenvalue weighted by atomic mass is 16.5. The molecule has 1 aliphatic heterocycles. The quantitative estimate of drug-likeness (QED) is 0.529. The van der Waals surface area contributed by atoms with E-state index in [1.807, 2.05) is 32.1 Å². The van der Waals surface area contributed by atoms with Crippen molar-refractivity contribution >= 4 is 17.9 Å². The molecule has 0 fully saturated rings. The van der Waals surface area contributed by atoms with Gasteiger partial charge in [-0.15, -0.1) is 0 Å². The summed E-state index contributed by atoms with van der Waals surface area (Å²) in [5.41, 5.74) is 2.33. The Bertz CT molecular complexity index is 987. The molecule has 0 atom stereocenters. The minimum atomic E-state index is -0.491. The van der Waals surface area contributed by atoms with Crippen molar-refractivity contribution in [3.05, 3.63) is 64.7 Å². The number of ether oxygens (including phenoxy) is 2. The van der Waals surface area contributed by atoms with Crippen LogP contribution in [0.1, 0.15) is 61.7 Å². The maximum atomic E-state index is 12.9. The maximum absolute atomic E-state index is 12.9. The summed E-state index contributed by atoms with van der Waals surface area (Å²) in [5.74, 6) is 0.305. The Labute approximate surface area is 172 Å². The molecule has 0 aliphatic carbocycles. The van der Waals surface area contributed by atoms with Gasteiger partial charge in [-0.25, -0.2) is 0 Å². The van der Waals surface area contributed by atoms with Gasteiger partial charge < -0.3 is 14.6 Å². The summed E-state index contributed by atoms with van der Waals surface area (Å²) in [6.45, 7) is 10.3. The van der Waals surface area contributed by atoms with Gasteiger partial charge in [-0.05, 0) is 48.6 Å². The monoisotopic (exact) mass is 392 g/mol. The first-order valence-corrected chi connectivity index (χ1v) is 9.67. The van der Waals surface area contributed by atoms with Crippen molar-refractivity contribution in [3.8, 4) is 17.2 Å². The number of carbonyl (C=O) groups is 1. The zero-order valence-corrected chi connectivity index (χ0v) is 17.9. The highest BCUT2D eigenvalue weighted by Gasteiger charge is 2.28. The Hall–Kier alpha value is -3.01. The minimum absolute atomic E-state index is 0.0739. The fourth-order valence-electron chi connectivity index (χ4n) is 3.23. The highest BCUT2D eigenvalue weighted by Crippen LogP contribution is 2.43. The Kier molecular flexibility index (Phi) is 5.31. The molecule has 0 saturated carbocycles. The van der Waals surface area contributed by atoms with E-state index < -0.39 is 5.60 Å². The van der Waals surface area contributed by atoms with Crippen molar-refractivity contribution in [3.63, 3.8) is 0 Å². The smallest absolute Gasteiger partial charge is 0.193 e. The van der Waals surface area contributed by atoms with E-state index in [0.717, 1.165) is 5.56 Å². The van der Waals surface area contributed by atoms with Gasteiger partial charge in [0.15, 0.2) is 5.78 Å². The highest BCUT2D eigenvalue weighted by molar-refractivity contribution is 6.11. The van der Waals surface area contributed by atoms with Crippen LogP contribution < -0.4 is 9.47 Å². The van der Waals surface area contributed by atoms with E-state index in [1.54, 1.807) is 18.2 Å². The number of phenols is 1. The van der Waals surface area contributed by atoms with Crippen molar-refractivity contribution < 1.29 is 19.4 Å². The first-order chi connectivity index (χ1) is 13.5. The van der Waals surface area contributed by atoms with Crippen LogP contribution >= 0.6 is 0 Å². The molecule has 0 spiro atoms. The summed E-state index contributed by atoms with van der Waals surface area (Å²) < 4.78 is 11.3. The van der Waals surface area contributed by atoms with Crippen molar-refractivity contribution in [2.24, 2.45) is 0 Å². The first-order valence-electron chi connectivity index (χ1n) is 9.67. The number of methoxy groups -OCH3 is 1. The number of phenolic OH excluding ortho intramolecular Hbond substituents is 1. The molecule has 2 aromatic carbocycles. The number of carbonyl (C=O) groups excluding carboxylic acids is 1. The van der Waals surface area contributed by atoms with E-state index in [2.05, 4.69) is 32.9 Å². The van der Waals surface area contributed by atoms with Crippen LogP contribution in [0.15, 0.2) is 42.5 Å². The van der Waals surface area contributed by atoms with Gasteiger partial charge in [0.05, 0.1) is 12.7 Å². The molecule has 4 nitrogen and oxygen atoms in total. The van der Waals surface area contributed by atoms with Crippen LogP contribution in [0.3, 0.4) is 0 Å². The van der Waals surface area contributed by atoms with Crippen molar-refractivity contribution in [1.82, 2.24) is 0 Å². The zero-order valence-electron chi connectivity index (χ0n) is 17.9. The fourth-order valence-corrected chi connectivity index (χ4v) is 3.23. The van der Waals surface area contributed by atoms with Crippen molar-refractivity contribution in [2.45, 2.75) is 45.6 Å². The van der Waals surface area contributed by atoms with Crippen molar-refractivity contribution in [2.75, 3.05) is 7.11 Å².